The maximum atomic E-state index is 13.6. The molecule has 3 rings (SSSR count). The predicted octanol–water partition coefficient (Wildman–Crippen LogP) is 5.03. The largest absolute Gasteiger partial charge is 0.340 e. The number of nitrogens with one attached hydrogen (secondary N) is 2. The fraction of sp³-hybridized carbons (Fsp3) is 0. The van der Waals surface area contributed by atoms with Gasteiger partial charge in [0.1, 0.15) is 23.3 Å². The van der Waals surface area contributed by atoms with Crippen molar-refractivity contribution in [2.24, 2.45) is 0 Å². The molecule has 0 aliphatic heterocycles. The minimum absolute atomic E-state index is 0.0270. The lowest BCUT2D eigenvalue weighted by Gasteiger charge is -2.09. The Kier molecular flexibility index (Phi) is 4.52. The smallest absolute Gasteiger partial charge is 0.229 e. The molecule has 24 heavy (non-hydrogen) atoms. The van der Waals surface area contributed by atoms with Gasteiger partial charge in [-0.1, -0.05) is 11.6 Å². The van der Waals surface area contributed by atoms with Gasteiger partial charge in [-0.2, -0.15) is 4.98 Å². The third kappa shape index (κ3) is 3.75. The highest BCUT2D eigenvalue weighted by Gasteiger charge is 2.07. The number of hydrogen-bond acceptors (Lipinski definition) is 4. The van der Waals surface area contributed by atoms with Crippen LogP contribution in [0, 0.1) is 17.5 Å². The van der Waals surface area contributed by atoms with Gasteiger partial charge in [0.2, 0.25) is 5.95 Å². The maximum absolute atomic E-state index is 13.6. The van der Waals surface area contributed by atoms with Crippen LogP contribution >= 0.6 is 11.6 Å². The molecule has 0 aliphatic rings. The number of nitrogens with zero attached hydrogens (tertiary/aromatic N) is 2. The van der Waals surface area contributed by atoms with E-state index in [1.54, 1.807) is 6.07 Å². The van der Waals surface area contributed by atoms with Gasteiger partial charge in [-0.3, -0.25) is 0 Å². The van der Waals surface area contributed by atoms with Gasteiger partial charge in [0.15, 0.2) is 0 Å². The van der Waals surface area contributed by atoms with Crippen molar-refractivity contribution in [2.45, 2.75) is 0 Å². The molecule has 0 unspecified atom stereocenters. The van der Waals surface area contributed by atoms with Crippen LogP contribution in [0.25, 0.3) is 0 Å². The fourth-order valence-electron chi connectivity index (χ4n) is 1.92. The Hall–Kier alpha value is -2.80. The zero-order valence-electron chi connectivity index (χ0n) is 12.0. The van der Waals surface area contributed by atoms with Crippen molar-refractivity contribution >= 4 is 34.7 Å². The first-order chi connectivity index (χ1) is 11.5. The summed E-state index contributed by atoms with van der Waals surface area (Å²) in [5.41, 5.74) is 0.567. The Balaban J connectivity index is 1.79. The summed E-state index contributed by atoms with van der Waals surface area (Å²) < 4.78 is 39.7. The fourth-order valence-corrected chi connectivity index (χ4v) is 2.10. The number of aromatic nitrogens is 2. The van der Waals surface area contributed by atoms with E-state index in [0.717, 1.165) is 12.1 Å². The SMILES string of the molecule is Fc1ccc(Nc2nccc(Nc3ccc(F)c(Cl)c3)n2)c(F)c1. The van der Waals surface area contributed by atoms with Crippen molar-refractivity contribution in [3.05, 3.63) is 71.1 Å². The molecule has 0 amide bonds. The number of rotatable bonds is 4. The number of hydrogen-bond donors (Lipinski definition) is 2. The lowest BCUT2D eigenvalue weighted by molar-refractivity contribution is 0.586. The van der Waals surface area contributed by atoms with Crippen molar-refractivity contribution in [3.8, 4) is 0 Å². The summed E-state index contributed by atoms with van der Waals surface area (Å²) in [6, 6.07) is 8.82. The van der Waals surface area contributed by atoms with E-state index in [1.807, 2.05) is 0 Å². The molecule has 0 saturated heterocycles. The van der Waals surface area contributed by atoms with Gasteiger partial charge < -0.3 is 10.6 Å². The molecule has 122 valence electrons. The van der Waals surface area contributed by atoms with E-state index in [1.165, 1.54) is 30.5 Å². The van der Waals surface area contributed by atoms with Crippen LogP contribution in [-0.2, 0) is 0 Å². The molecule has 0 aliphatic carbocycles. The van der Waals surface area contributed by atoms with Crippen LogP contribution in [0.2, 0.25) is 5.02 Å². The van der Waals surface area contributed by atoms with Crippen LogP contribution in [-0.4, -0.2) is 9.97 Å². The highest BCUT2D eigenvalue weighted by molar-refractivity contribution is 6.31. The van der Waals surface area contributed by atoms with E-state index < -0.39 is 17.5 Å². The average Bonchev–Trinajstić information content (AvgIpc) is 2.54. The van der Waals surface area contributed by atoms with E-state index in [4.69, 9.17) is 11.6 Å². The first-order valence-corrected chi connectivity index (χ1v) is 7.16. The lowest BCUT2D eigenvalue weighted by Crippen LogP contribution is -2.02. The van der Waals surface area contributed by atoms with Crippen LogP contribution in [0.5, 0.6) is 0 Å². The first kappa shape index (κ1) is 16.1. The Bertz CT molecular complexity index is 889. The average molecular weight is 351 g/mol. The molecule has 2 N–H and O–H groups in total. The molecule has 0 atom stereocenters. The van der Waals surface area contributed by atoms with E-state index >= 15 is 0 Å². The minimum Gasteiger partial charge on any atom is -0.340 e. The molecule has 1 aromatic heterocycles. The summed E-state index contributed by atoms with van der Waals surface area (Å²) >= 11 is 5.72. The highest BCUT2D eigenvalue weighted by atomic mass is 35.5. The van der Waals surface area contributed by atoms with Crippen LogP contribution in [0.15, 0.2) is 48.7 Å². The molecule has 0 spiro atoms. The molecule has 0 bridgehead atoms. The van der Waals surface area contributed by atoms with Crippen molar-refractivity contribution < 1.29 is 13.2 Å². The number of halogens is 4. The van der Waals surface area contributed by atoms with Gasteiger partial charge in [-0.15, -0.1) is 0 Å². The van der Waals surface area contributed by atoms with Gasteiger partial charge in [0, 0.05) is 18.0 Å². The standard InChI is InChI=1S/C16H10ClF3N4/c17-11-8-10(2-3-12(11)19)22-15-5-6-21-16(24-15)23-14-4-1-9(18)7-13(14)20/h1-8H,(H2,21,22,23,24). The molecule has 0 radical (unpaired) electrons. The van der Waals surface area contributed by atoms with Gasteiger partial charge >= 0.3 is 0 Å². The molecule has 0 fully saturated rings. The van der Waals surface area contributed by atoms with Crippen LogP contribution in [0.4, 0.5) is 36.3 Å². The van der Waals surface area contributed by atoms with Crippen molar-refractivity contribution in [1.29, 1.82) is 0 Å². The molecular formula is C16H10ClF3N4. The topological polar surface area (TPSA) is 49.8 Å². The van der Waals surface area contributed by atoms with E-state index in [0.29, 0.717) is 11.5 Å². The van der Waals surface area contributed by atoms with Crippen LogP contribution < -0.4 is 10.6 Å². The third-order valence-electron chi connectivity index (χ3n) is 3.03. The normalized spacial score (nSPS) is 10.5. The summed E-state index contributed by atoms with van der Waals surface area (Å²) in [4.78, 5) is 8.11. The van der Waals surface area contributed by atoms with Gasteiger partial charge in [0.05, 0.1) is 10.7 Å². The minimum atomic E-state index is -0.762. The summed E-state index contributed by atoms with van der Waals surface area (Å²) in [6.07, 6.45) is 1.45. The van der Waals surface area contributed by atoms with Gasteiger partial charge in [-0.05, 0) is 36.4 Å². The summed E-state index contributed by atoms with van der Waals surface area (Å²) in [5.74, 6) is -1.47. The summed E-state index contributed by atoms with van der Waals surface area (Å²) in [5, 5.41) is 5.55. The number of benzene rings is 2. The first-order valence-electron chi connectivity index (χ1n) is 6.78. The van der Waals surface area contributed by atoms with E-state index in [2.05, 4.69) is 20.6 Å². The molecule has 8 heteroatoms. The van der Waals surface area contributed by atoms with Gasteiger partial charge in [0.25, 0.3) is 0 Å². The van der Waals surface area contributed by atoms with Crippen molar-refractivity contribution in [1.82, 2.24) is 9.97 Å². The summed E-state index contributed by atoms with van der Waals surface area (Å²) in [7, 11) is 0. The second kappa shape index (κ2) is 6.76. The quantitative estimate of drug-likeness (QED) is 0.692. The summed E-state index contributed by atoms with van der Waals surface area (Å²) in [6.45, 7) is 0. The third-order valence-corrected chi connectivity index (χ3v) is 3.31. The maximum Gasteiger partial charge on any atom is 0.229 e. The molecular weight excluding hydrogens is 341 g/mol. The molecule has 4 nitrogen and oxygen atoms in total. The highest BCUT2D eigenvalue weighted by Crippen LogP contribution is 2.23. The van der Waals surface area contributed by atoms with Crippen molar-refractivity contribution in [2.75, 3.05) is 10.6 Å². The van der Waals surface area contributed by atoms with Crippen molar-refractivity contribution in [3.63, 3.8) is 0 Å². The van der Waals surface area contributed by atoms with E-state index in [9.17, 15) is 13.2 Å². The van der Waals surface area contributed by atoms with Gasteiger partial charge in [-0.25, -0.2) is 18.2 Å². The molecule has 1 heterocycles. The Morgan fingerprint density at radius 3 is 2.46 bits per heavy atom. The second-order valence-corrected chi connectivity index (χ2v) is 5.18. The zero-order valence-corrected chi connectivity index (χ0v) is 12.8. The Morgan fingerprint density at radius 1 is 0.875 bits per heavy atom. The Labute approximate surface area is 140 Å². The van der Waals surface area contributed by atoms with Crippen LogP contribution in [0.1, 0.15) is 0 Å². The lowest BCUT2D eigenvalue weighted by atomic mass is 10.3. The predicted molar refractivity (Wildman–Crippen MR) is 86.4 cm³/mol. The molecule has 2 aromatic carbocycles. The number of anilines is 4. The Morgan fingerprint density at radius 2 is 1.71 bits per heavy atom. The zero-order chi connectivity index (χ0) is 17.1. The molecule has 3 aromatic rings. The molecule has 0 saturated carbocycles. The second-order valence-electron chi connectivity index (χ2n) is 4.77. The van der Waals surface area contributed by atoms with Crippen LogP contribution in [0.3, 0.4) is 0 Å². The van der Waals surface area contributed by atoms with E-state index in [-0.39, 0.29) is 16.7 Å². The monoisotopic (exact) mass is 350 g/mol.